The van der Waals surface area contributed by atoms with Crippen LogP contribution in [0.1, 0.15) is 54.9 Å². The second kappa shape index (κ2) is 13.3. The van der Waals surface area contributed by atoms with Gasteiger partial charge in [0.1, 0.15) is 5.82 Å². The van der Waals surface area contributed by atoms with Crippen LogP contribution in [0.15, 0.2) is 42.6 Å². The number of rotatable bonds is 11. The van der Waals surface area contributed by atoms with Crippen molar-refractivity contribution in [1.82, 2.24) is 15.2 Å². The molecule has 3 rings (SSSR count). The van der Waals surface area contributed by atoms with Crippen LogP contribution in [0, 0.1) is 0 Å². The highest BCUT2D eigenvalue weighted by molar-refractivity contribution is 6.30. The first-order valence-electron chi connectivity index (χ1n) is 12.1. The van der Waals surface area contributed by atoms with Crippen molar-refractivity contribution in [2.24, 2.45) is 0 Å². The molecule has 1 aliphatic heterocycles. The van der Waals surface area contributed by atoms with E-state index < -0.39 is 0 Å². The largest absolute Gasteiger partial charge is 0.381 e. The number of amides is 2. The minimum absolute atomic E-state index is 0.123. The number of piperazine rings is 1. The lowest BCUT2D eigenvalue weighted by Gasteiger charge is -2.36. The normalized spacial score (nSPS) is 14.7. The Morgan fingerprint density at radius 3 is 2.41 bits per heavy atom. The highest BCUT2D eigenvalue weighted by Gasteiger charge is 2.26. The monoisotopic (exact) mass is 486 g/mol. The molecule has 1 aromatic carbocycles. The molecule has 2 amide bonds. The van der Waals surface area contributed by atoms with Crippen LogP contribution >= 0.6 is 11.6 Å². The minimum Gasteiger partial charge on any atom is -0.381 e. The second-order valence-electron chi connectivity index (χ2n) is 8.57. The van der Waals surface area contributed by atoms with E-state index in [1.807, 2.05) is 42.2 Å². The molecule has 1 unspecified atom stereocenters. The number of ether oxygens (including phenoxy) is 1. The lowest BCUT2D eigenvalue weighted by Crippen LogP contribution is -2.50. The maximum atomic E-state index is 12.9. The van der Waals surface area contributed by atoms with Gasteiger partial charge in [0, 0.05) is 57.2 Å². The lowest BCUT2D eigenvalue weighted by molar-refractivity contribution is -0.132. The molecule has 2 heterocycles. The fourth-order valence-electron chi connectivity index (χ4n) is 3.86. The number of nitrogens with zero attached hydrogens (tertiary/aromatic N) is 3. The molecule has 1 aromatic heterocycles. The van der Waals surface area contributed by atoms with Gasteiger partial charge in [0.05, 0.1) is 11.5 Å². The first-order chi connectivity index (χ1) is 16.5. The lowest BCUT2D eigenvalue weighted by atomic mass is 9.99. The predicted octanol–water partition coefficient (Wildman–Crippen LogP) is 4.12. The van der Waals surface area contributed by atoms with Gasteiger partial charge in [0.15, 0.2) is 0 Å². The molecule has 0 radical (unpaired) electrons. The summed E-state index contributed by atoms with van der Waals surface area (Å²) in [7, 11) is 0. The molecule has 2 aromatic rings. The summed E-state index contributed by atoms with van der Waals surface area (Å²) >= 11 is 5.96. The van der Waals surface area contributed by atoms with Crippen molar-refractivity contribution >= 4 is 29.2 Å². The van der Waals surface area contributed by atoms with E-state index in [1.165, 1.54) is 0 Å². The van der Waals surface area contributed by atoms with E-state index in [-0.39, 0.29) is 17.7 Å². The predicted molar refractivity (Wildman–Crippen MR) is 136 cm³/mol. The number of carbonyl (C=O) groups is 2. The maximum Gasteiger partial charge on any atom is 0.252 e. The average Bonchev–Trinajstić information content (AvgIpc) is 2.88. The van der Waals surface area contributed by atoms with Crippen LogP contribution in [0.2, 0.25) is 5.02 Å². The molecule has 1 N–H and O–H groups in total. The van der Waals surface area contributed by atoms with Crippen molar-refractivity contribution in [2.45, 2.75) is 39.0 Å². The number of aromatic nitrogens is 1. The van der Waals surface area contributed by atoms with Gasteiger partial charge >= 0.3 is 0 Å². The van der Waals surface area contributed by atoms with Gasteiger partial charge < -0.3 is 19.9 Å². The summed E-state index contributed by atoms with van der Waals surface area (Å²) in [5.74, 6) is 0.610. The summed E-state index contributed by atoms with van der Waals surface area (Å²) in [6.07, 6.45) is 4.60. The molecular formula is C26H35ClN4O3. The molecule has 0 aliphatic carbocycles. The van der Waals surface area contributed by atoms with Crippen molar-refractivity contribution in [3.63, 3.8) is 0 Å². The summed E-state index contributed by atoms with van der Waals surface area (Å²) in [6.45, 7) is 8.77. The number of hydrogen-bond donors (Lipinski definition) is 1. The second-order valence-corrected chi connectivity index (χ2v) is 9.00. The molecule has 0 spiro atoms. The van der Waals surface area contributed by atoms with Gasteiger partial charge in [-0.3, -0.25) is 9.59 Å². The maximum absolute atomic E-state index is 12.9. The first kappa shape index (κ1) is 26.0. The molecule has 7 nitrogen and oxygen atoms in total. The third-order valence-corrected chi connectivity index (χ3v) is 6.31. The summed E-state index contributed by atoms with van der Waals surface area (Å²) in [4.78, 5) is 33.8. The quantitative estimate of drug-likeness (QED) is 0.483. The van der Waals surface area contributed by atoms with E-state index >= 15 is 0 Å². The fourth-order valence-corrected chi connectivity index (χ4v) is 3.98. The van der Waals surface area contributed by atoms with Gasteiger partial charge in [-0.05, 0) is 49.6 Å². The Kier molecular flexibility index (Phi) is 10.2. The number of anilines is 1. The van der Waals surface area contributed by atoms with Crippen molar-refractivity contribution in [3.05, 3.63) is 58.7 Å². The Morgan fingerprint density at radius 2 is 1.76 bits per heavy atom. The molecule has 1 fully saturated rings. The van der Waals surface area contributed by atoms with Gasteiger partial charge in [-0.2, -0.15) is 0 Å². The summed E-state index contributed by atoms with van der Waals surface area (Å²) < 4.78 is 5.51. The van der Waals surface area contributed by atoms with E-state index in [0.29, 0.717) is 49.9 Å². The molecule has 0 saturated carbocycles. The summed E-state index contributed by atoms with van der Waals surface area (Å²) in [5, 5.41) is 3.58. The van der Waals surface area contributed by atoms with Crippen molar-refractivity contribution in [2.75, 3.05) is 50.8 Å². The van der Waals surface area contributed by atoms with Crippen molar-refractivity contribution in [3.8, 4) is 0 Å². The molecule has 0 bridgehead atoms. The fraction of sp³-hybridized carbons (Fsp3) is 0.500. The highest BCUT2D eigenvalue weighted by atomic mass is 35.5. The molecule has 1 atom stereocenters. The Hall–Kier alpha value is -2.64. The average molecular weight is 487 g/mol. The Bertz CT molecular complexity index is 913. The number of carbonyl (C=O) groups excluding carboxylic acids is 2. The van der Waals surface area contributed by atoms with Crippen LogP contribution in [-0.2, 0) is 9.53 Å². The zero-order chi connectivity index (χ0) is 24.3. The number of hydrogen-bond acceptors (Lipinski definition) is 5. The third-order valence-electron chi connectivity index (χ3n) is 6.06. The molecule has 8 heteroatoms. The number of halogens is 1. The zero-order valence-electron chi connectivity index (χ0n) is 20.1. The van der Waals surface area contributed by atoms with E-state index in [4.69, 9.17) is 16.3 Å². The number of unbranched alkanes of at least 4 members (excludes halogenated alkanes) is 1. The van der Waals surface area contributed by atoms with Crippen LogP contribution in [0.4, 0.5) is 5.82 Å². The van der Waals surface area contributed by atoms with Gasteiger partial charge in [-0.15, -0.1) is 0 Å². The highest BCUT2D eigenvalue weighted by Crippen LogP contribution is 2.22. The number of benzene rings is 1. The van der Waals surface area contributed by atoms with Crippen LogP contribution in [0.3, 0.4) is 0 Å². The SMILES string of the molecule is CCCCOCCCNC(=O)c1ccc(N2CCN(C(=O)C(C)c3ccc(Cl)cc3)CC2)nc1. The van der Waals surface area contributed by atoms with Crippen LogP contribution in [0.25, 0.3) is 0 Å². The zero-order valence-corrected chi connectivity index (χ0v) is 20.9. The standard InChI is InChI=1S/C26H35ClN4O3/c1-3-4-17-34-18-5-12-28-25(32)22-8-11-24(29-19-22)30-13-15-31(16-14-30)26(33)20(2)21-6-9-23(27)10-7-21/h6-11,19-20H,3-5,12-18H2,1-2H3,(H,28,32). The van der Waals surface area contributed by atoms with Gasteiger partial charge in [-0.25, -0.2) is 4.98 Å². The van der Waals surface area contributed by atoms with Crippen molar-refractivity contribution in [1.29, 1.82) is 0 Å². The minimum atomic E-state index is -0.206. The molecule has 1 aliphatic rings. The van der Waals surface area contributed by atoms with E-state index in [1.54, 1.807) is 12.3 Å². The molecule has 184 valence electrons. The first-order valence-corrected chi connectivity index (χ1v) is 12.5. The van der Waals surface area contributed by atoms with E-state index in [2.05, 4.69) is 22.1 Å². The van der Waals surface area contributed by atoms with Gasteiger partial charge in [-0.1, -0.05) is 37.1 Å². The van der Waals surface area contributed by atoms with Gasteiger partial charge in [0.25, 0.3) is 5.91 Å². The number of pyridine rings is 1. The van der Waals surface area contributed by atoms with Crippen LogP contribution in [-0.4, -0.2) is 67.6 Å². The molecule has 34 heavy (non-hydrogen) atoms. The van der Waals surface area contributed by atoms with E-state index in [0.717, 1.165) is 37.3 Å². The summed E-state index contributed by atoms with van der Waals surface area (Å²) in [6, 6.07) is 11.1. The Labute approximate surface area is 207 Å². The molecular weight excluding hydrogens is 452 g/mol. The van der Waals surface area contributed by atoms with Gasteiger partial charge in [0.2, 0.25) is 5.91 Å². The van der Waals surface area contributed by atoms with E-state index in [9.17, 15) is 9.59 Å². The third kappa shape index (κ3) is 7.43. The molecule has 1 saturated heterocycles. The smallest absolute Gasteiger partial charge is 0.252 e. The topological polar surface area (TPSA) is 74.8 Å². The van der Waals surface area contributed by atoms with Crippen molar-refractivity contribution < 1.29 is 14.3 Å². The summed E-state index contributed by atoms with van der Waals surface area (Å²) in [5.41, 5.74) is 1.51. The van der Waals surface area contributed by atoms with Crippen LogP contribution in [0.5, 0.6) is 0 Å². The Balaban J connectivity index is 1.42. The Morgan fingerprint density at radius 1 is 1.06 bits per heavy atom. The van der Waals surface area contributed by atoms with Crippen LogP contribution < -0.4 is 10.2 Å². The number of nitrogens with one attached hydrogen (secondary N) is 1.